The van der Waals surface area contributed by atoms with E-state index in [-0.39, 0.29) is 11.8 Å². The van der Waals surface area contributed by atoms with Crippen molar-refractivity contribution in [2.75, 3.05) is 16.3 Å². The summed E-state index contributed by atoms with van der Waals surface area (Å²) in [7, 11) is -3.30. The van der Waals surface area contributed by atoms with Crippen molar-refractivity contribution in [3.63, 3.8) is 0 Å². The lowest BCUT2D eigenvalue weighted by Crippen LogP contribution is -2.14. The molecule has 0 fully saturated rings. The van der Waals surface area contributed by atoms with Crippen LogP contribution >= 0.6 is 11.3 Å². The Balaban J connectivity index is 1.39. The lowest BCUT2D eigenvalue weighted by molar-refractivity contribution is -0.116. The molecule has 8 heteroatoms. The average Bonchev–Trinajstić information content (AvgIpc) is 3.29. The van der Waals surface area contributed by atoms with Crippen LogP contribution in [0.1, 0.15) is 29.9 Å². The van der Waals surface area contributed by atoms with Crippen molar-refractivity contribution in [1.29, 1.82) is 0 Å². The van der Waals surface area contributed by atoms with Crippen LogP contribution in [0.15, 0.2) is 53.9 Å². The number of hydrogen-bond donors (Lipinski definition) is 2. The van der Waals surface area contributed by atoms with Gasteiger partial charge in [0.15, 0.2) is 5.13 Å². The first-order valence-electron chi connectivity index (χ1n) is 9.29. The highest BCUT2D eigenvalue weighted by Crippen LogP contribution is 2.35. The van der Waals surface area contributed by atoms with Crippen LogP contribution in [-0.4, -0.2) is 25.6 Å². The lowest BCUT2D eigenvalue weighted by Gasteiger charge is -2.10. The number of thiazole rings is 1. The van der Waals surface area contributed by atoms with Crippen molar-refractivity contribution in [1.82, 2.24) is 4.98 Å². The first kappa shape index (κ1) is 19.6. The molecule has 150 valence electrons. The SMILES string of the molecule is CS(=O)(=O)Nc1ccc(-c2csc(NC(=O)CC3CCc4ccccc43)n2)cc1. The molecule has 0 radical (unpaired) electrons. The lowest BCUT2D eigenvalue weighted by atomic mass is 9.97. The fraction of sp³-hybridized carbons (Fsp3) is 0.238. The number of benzene rings is 2. The zero-order valence-electron chi connectivity index (χ0n) is 15.9. The molecule has 3 aromatic rings. The first-order valence-corrected chi connectivity index (χ1v) is 12.1. The third kappa shape index (κ3) is 4.83. The number of aryl methyl sites for hydroxylation is 1. The molecular weight excluding hydrogens is 406 g/mol. The average molecular weight is 428 g/mol. The second-order valence-electron chi connectivity index (χ2n) is 7.18. The standard InChI is InChI=1S/C21H21N3O3S2/c1-29(26,27)24-17-10-8-15(9-11-17)19-13-28-21(22-19)23-20(25)12-16-7-6-14-4-2-3-5-18(14)16/h2-5,8-11,13,16,24H,6-7,12H2,1H3,(H,22,23,25). The van der Waals surface area contributed by atoms with Gasteiger partial charge in [-0.25, -0.2) is 13.4 Å². The minimum atomic E-state index is -3.30. The number of aromatic nitrogens is 1. The van der Waals surface area contributed by atoms with Gasteiger partial charge >= 0.3 is 0 Å². The molecule has 0 saturated heterocycles. The van der Waals surface area contributed by atoms with E-state index in [1.165, 1.54) is 22.5 Å². The molecule has 0 spiro atoms. The van der Waals surface area contributed by atoms with Crippen molar-refractivity contribution in [3.05, 3.63) is 65.0 Å². The summed E-state index contributed by atoms with van der Waals surface area (Å²) in [5.41, 5.74) is 4.71. The third-order valence-corrected chi connectivity index (χ3v) is 6.29. The van der Waals surface area contributed by atoms with Crippen LogP contribution in [0, 0.1) is 0 Å². The number of nitrogens with zero attached hydrogens (tertiary/aromatic N) is 1. The highest BCUT2D eigenvalue weighted by molar-refractivity contribution is 7.92. The van der Waals surface area contributed by atoms with Crippen molar-refractivity contribution >= 4 is 38.1 Å². The van der Waals surface area contributed by atoms with Gasteiger partial charge in [0.25, 0.3) is 0 Å². The smallest absolute Gasteiger partial charge is 0.229 e. The fourth-order valence-corrected chi connectivity index (χ4v) is 4.94. The van der Waals surface area contributed by atoms with Gasteiger partial charge in [-0.15, -0.1) is 11.3 Å². The molecule has 1 unspecified atom stereocenters. The minimum absolute atomic E-state index is 0.0275. The molecule has 29 heavy (non-hydrogen) atoms. The summed E-state index contributed by atoms with van der Waals surface area (Å²) in [6, 6.07) is 15.3. The van der Waals surface area contributed by atoms with E-state index in [1.807, 2.05) is 17.5 Å². The summed E-state index contributed by atoms with van der Waals surface area (Å²) in [5, 5.41) is 5.35. The van der Waals surface area contributed by atoms with Crippen LogP contribution in [0.3, 0.4) is 0 Å². The number of carbonyl (C=O) groups is 1. The van der Waals surface area contributed by atoms with E-state index >= 15 is 0 Å². The summed E-state index contributed by atoms with van der Waals surface area (Å²) in [6.45, 7) is 0. The highest BCUT2D eigenvalue weighted by Gasteiger charge is 2.24. The van der Waals surface area contributed by atoms with Gasteiger partial charge in [-0.05, 0) is 42.0 Å². The minimum Gasteiger partial charge on any atom is -0.302 e. The van der Waals surface area contributed by atoms with Crippen LogP contribution < -0.4 is 10.0 Å². The number of nitrogens with one attached hydrogen (secondary N) is 2. The Hall–Kier alpha value is -2.71. The maximum Gasteiger partial charge on any atom is 0.229 e. The summed E-state index contributed by atoms with van der Waals surface area (Å²) in [4.78, 5) is 17.0. The fourth-order valence-electron chi connectivity index (χ4n) is 3.64. The monoisotopic (exact) mass is 427 g/mol. The Bertz CT molecular complexity index is 1140. The molecule has 0 bridgehead atoms. The number of carbonyl (C=O) groups excluding carboxylic acids is 1. The van der Waals surface area contributed by atoms with Crippen molar-refractivity contribution in [2.45, 2.75) is 25.2 Å². The summed E-state index contributed by atoms with van der Waals surface area (Å²) < 4.78 is 25.0. The van der Waals surface area contributed by atoms with Gasteiger partial charge in [-0.2, -0.15) is 0 Å². The predicted molar refractivity (Wildman–Crippen MR) is 117 cm³/mol. The maximum atomic E-state index is 12.5. The number of sulfonamides is 1. The molecule has 0 aliphatic heterocycles. The highest BCUT2D eigenvalue weighted by atomic mass is 32.2. The van der Waals surface area contributed by atoms with E-state index in [4.69, 9.17) is 0 Å². The first-order chi connectivity index (χ1) is 13.9. The largest absolute Gasteiger partial charge is 0.302 e. The van der Waals surface area contributed by atoms with Crippen LogP contribution in [0.4, 0.5) is 10.8 Å². The summed E-state index contributed by atoms with van der Waals surface area (Å²) >= 11 is 1.38. The van der Waals surface area contributed by atoms with E-state index in [0.29, 0.717) is 17.2 Å². The van der Waals surface area contributed by atoms with E-state index in [2.05, 4.69) is 27.2 Å². The second kappa shape index (κ2) is 7.96. The number of rotatable bonds is 6. The molecule has 2 aromatic carbocycles. The molecule has 1 aromatic heterocycles. The molecule has 1 aliphatic rings. The predicted octanol–water partition coefficient (Wildman–Crippen LogP) is 4.24. The summed E-state index contributed by atoms with van der Waals surface area (Å²) in [6.07, 6.45) is 3.60. The van der Waals surface area contributed by atoms with Crippen molar-refractivity contribution in [2.24, 2.45) is 0 Å². The van der Waals surface area contributed by atoms with Crippen molar-refractivity contribution in [3.8, 4) is 11.3 Å². The summed E-state index contributed by atoms with van der Waals surface area (Å²) in [5.74, 6) is 0.237. The number of fused-ring (bicyclic) bond motifs is 1. The van der Waals surface area contributed by atoms with Gasteiger partial charge in [-0.1, -0.05) is 36.4 Å². The quantitative estimate of drug-likeness (QED) is 0.616. The number of hydrogen-bond acceptors (Lipinski definition) is 5. The van der Waals surface area contributed by atoms with Crippen LogP contribution in [0.5, 0.6) is 0 Å². The van der Waals surface area contributed by atoms with Gasteiger partial charge < -0.3 is 5.32 Å². The van der Waals surface area contributed by atoms with E-state index < -0.39 is 10.0 Å². The molecule has 0 saturated carbocycles. The molecular formula is C21H21N3O3S2. The molecule has 6 nitrogen and oxygen atoms in total. The van der Waals surface area contributed by atoms with Crippen LogP contribution in [-0.2, 0) is 21.2 Å². The van der Waals surface area contributed by atoms with Crippen LogP contribution in [0.25, 0.3) is 11.3 Å². The molecule has 1 amide bonds. The van der Waals surface area contributed by atoms with Gasteiger partial charge in [0.05, 0.1) is 11.9 Å². The Labute approximate surface area is 174 Å². The Morgan fingerprint density at radius 3 is 2.69 bits per heavy atom. The van der Waals surface area contributed by atoms with Gasteiger partial charge in [0.1, 0.15) is 0 Å². The normalized spacial score (nSPS) is 15.7. The molecule has 4 rings (SSSR count). The zero-order valence-corrected chi connectivity index (χ0v) is 17.5. The Morgan fingerprint density at radius 2 is 1.93 bits per heavy atom. The maximum absolute atomic E-state index is 12.5. The van der Waals surface area contributed by atoms with Gasteiger partial charge in [0.2, 0.25) is 15.9 Å². The van der Waals surface area contributed by atoms with E-state index in [9.17, 15) is 13.2 Å². The molecule has 1 aliphatic carbocycles. The Kier molecular flexibility index (Phi) is 5.38. The number of amides is 1. The van der Waals surface area contributed by atoms with Crippen LogP contribution in [0.2, 0.25) is 0 Å². The van der Waals surface area contributed by atoms with Gasteiger partial charge in [0, 0.05) is 23.1 Å². The Morgan fingerprint density at radius 1 is 1.17 bits per heavy atom. The number of anilines is 2. The van der Waals surface area contributed by atoms with Crippen molar-refractivity contribution < 1.29 is 13.2 Å². The molecule has 1 heterocycles. The molecule has 1 atom stereocenters. The van der Waals surface area contributed by atoms with E-state index in [0.717, 1.165) is 30.4 Å². The topological polar surface area (TPSA) is 88.2 Å². The van der Waals surface area contributed by atoms with Gasteiger partial charge in [-0.3, -0.25) is 9.52 Å². The second-order valence-corrected chi connectivity index (χ2v) is 9.78. The zero-order chi connectivity index (χ0) is 20.4. The molecule has 2 N–H and O–H groups in total. The third-order valence-electron chi connectivity index (χ3n) is 4.92. The van der Waals surface area contributed by atoms with E-state index in [1.54, 1.807) is 24.3 Å².